The molecular formula is C17H19ClN4O2. The zero-order chi connectivity index (χ0) is 17.4. The molecule has 7 heteroatoms. The summed E-state index contributed by atoms with van der Waals surface area (Å²) in [6.07, 6.45) is 0. The molecule has 2 aromatic rings. The summed E-state index contributed by atoms with van der Waals surface area (Å²) in [5, 5.41) is 7.57. The number of aryl methyl sites for hydroxylation is 1. The summed E-state index contributed by atoms with van der Waals surface area (Å²) in [4.78, 5) is 25.8. The summed E-state index contributed by atoms with van der Waals surface area (Å²) in [5.74, 6) is -0.187. The topological polar surface area (TPSA) is 67.2 Å². The minimum atomic E-state index is -0.485. The molecule has 3 rings (SSSR count). The molecule has 0 radical (unpaired) electrons. The van der Waals surface area contributed by atoms with Crippen LogP contribution in [0.3, 0.4) is 0 Å². The normalized spacial score (nSPS) is 17.7. The van der Waals surface area contributed by atoms with Gasteiger partial charge in [-0.25, -0.2) is 9.48 Å². The molecule has 0 aliphatic carbocycles. The third-order valence-electron chi connectivity index (χ3n) is 4.16. The van der Waals surface area contributed by atoms with Crippen molar-refractivity contribution in [1.29, 1.82) is 0 Å². The van der Waals surface area contributed by atoms with Gasteiger partial charge in [0.25, 0.3) is 5.91 Å². The van der Waals surface area contributed by atoms with Crippen LogP contribution in [0.25, 0.3) is 5.69 Å². The summed E-state index contributed by atoms with van der Waals surface area (Å²) in [7, 11) is 0. The molecule has 126 valence electrons. The van der Waals surface area contributed by atoms with Crippen LogP contribution in [0.5, 0.6) is 0 Å². The number of halogens is 1. The monoisotopic (exact) mass is 346 g/mol. The number of urea groups is 1. The van der Waals surface area contributed by atoms with Gasteiger partial charge in [-0.15, -0.1) is 0 Å². The van der Waals surface area contributed by atoms with E-state index in [0.29, 0.717) is 16.4 Å². The molecule has 2 heterocycles. The highest BCUT2D eigenvalue weighted by Gasteiger charge is 2.40. The van der Waals surface area contributed by atoms with E-state index in [1.165, 1.54) is 4.90 Å². The second-order valence-corrected chi connectivity index (χ2v) is 6.56. The van der Waals surface area contributed by atoms with Crippen LogP contribution < -0.4 is 5.32 Å². The van der Waals surface area contributed by atoms with Gasteiger partial charge in [-0.1, -0.05) is 43.6 Å². The molecule has 1 aromatic heterocycles. The number of nitrogens with zero attached hydrogens (tertiary/aromatic N) is 3. The van der Waals surface area contributed by atoms with Crippen LogP contribution in [0.4, 0.5) is 4.79 Å². The van der Waals surface area contributed by atoms with Crippen LogP contribution >= 0.6 is 11.6 Å². The Morgan fingerprint density at radius 1 is 1.25 bits per heavy atom. The second-order valence-electron chi connectivity index (χ2n) is 6.20. The Morgan fingerprint density at radius 3 is 2.50 bits per heavy atom. The van der Waals surface area contributed by atoms with Gasteiger partial charge >= 0.3 is 6.03 Å². The molecule has 1 N–H and O–H groups in total. The Labute approximate surface area is 145 Å². The summed E-state index contributed by atoms with van der Waals surface area (Å²) in [6, 6.07) is 8.62. The Morgan fingerprint density at radius 2 is 1.92 bits per heavy atom. The van der Waals surface area contributed by atoms with Crippen LogP contribution in [0.15, 0.2) is 30.3 Å². The summed E-state index contributed by atoms with van der Waals surface area (Å²) in [5.41, 5.74) is 2.19. The first kappa shape index (κ1) is 16.5. The molecule has 24 heavy (non-hydrogen) atoms. The molecule has 1 saturated heterocycles. The van der Waals surface area contributed by atoms with Crippen LogP contribution in [-0.2, 0) is 11.3 Å². The van der Waals surface area contributed by atoms with Gasteiger partial charge in [0.1, 0.15) is 11.2 Å². The van der Waals surface area contributed by atoms with Crippen LogP contribution in [0, 0.1) is 12.8 Å². The first-order chi connectivity index (χ1) is 11.4. The third-order valence-corrected chi connectivity index (χ3v) is 4.55. The molecule has 1 fully saturated rings. The van der Waals surface area contributed by atoms with E-state index in [-0.39, 0.29) is 24.4 Å². The molecule has 1 aromatic carbocycles. The van der Waals surface area contributed by atoms with E-state index < -0.39 is 6.04 Å². The number of imide groups is 1. The Balaban J connectivity index is 1.90. The standard InChI is InChI=1S/C17H19ClN4O2/c1-10(2)14-16(23)21(17(24)19-14)9-13-11(3)20-22(15(13)18)12-7-5-4-6-8-12/h4-8,10,14H,9H2,1-3H3,(H,19,24). The van der Waals surface area contributed by atoms with E-state index in [2.05, 4.69) is 10.4 Å². The van der Waals surface area contributed by atoms with E-state index >= 15 is 0 Å². The number of carbonyl (C=O) groups is 2. The molecule has 3 amide bonds. The highest BCUT2D eigenvalue weighted by atomic mass is 35.5. The van der Waals surface area contributed by atoms with Gasteiger partial charge in [0.05, 0.1) is 17.9 Å². The predicted molar refractivity (Wildman–Crippen MR) is 91.0 cm³/mol. The third kappa shape index (κ3) is 2.78. The molecule has 1 unspecified atom stereocenters. The van der Waals surface area contributed by atoms with Crippen molar-refractivity contribution < 1.29 is 9.59 Å². The molecule has 1 aliphatic heterocycles. The Kier molecular flexibility index (Phi) is 4.32. The van der Waals surface area contributed by atoms with Gasteiger partial charge < -0.3 is 5.32 Å². The molecule has 0 saturated carbocycles. The van der Waals surface area contributed by atoms with Gasteiger partial charge in [0.2, 0.25) is 0 Å². The van der Waals surface area contributed by atoms with Crippen LogP contribution in [-0.4, -0.2) is 32.7 Å². The Hall–Kier alpha value is -2.34. The van der Waals surface area contributed by atoms with Crippen molar-refractivity contribution in [2.24, 2.45) is 5.92 Å². The summed E-state index contributed by atoms with van der Waals surface area (Å²) < 4.78 is 1.62. The fraction of sp³-hybridized carbons (Fsp3) is 0.353. The minimum absolute atomic E-state index is 0.0371. The molecular weight excluding hydrogens is 328 g/mol. The number of amides is 3. The largest absolute Gasteiger partial charge is 0.326 e. The second kappa shape index (κ2) is 6.28. The molecule has 6 nitrogen and oxygen atoms in total. The highest BCUT2D eigenvalue weighted by Crippen LogP contribution is 2.26. The minimum Gasteiger partial charge on any atom is -0.326 e. The predicted octanol–water partition coefficient (Wildman–Crippen LogP) is 2.91. The lowest BCUT2D eigenvalue weighted by molar-refractivity contribution is -0.128. The summed E-state index contributed by atoms with van der Waals surface area (Å²) in [6.45, 7) is 5.74. The number of carbonyl (C=O) groups excluding carboxylic acids is 2. The number of rotatable bonds is 4. The van der Waals surface area contributed by atoms with E-state index in [0.717, 1.165) is 5.69 Å². The number of para-hydroxylation sites is 1. The quantitative estimate of drug-likeness (QED) is 0.865. The van der Waals surface area contributed by atoms with Crippen molar-refractivity contribution in [2.75, 3.05) is 0 Å². The molecule has 1 atom stereocenters. The van der Waals surface area contributed by atoms with E-state index in [1.54, 1.807) is 4.68 Å². The van der Waals surface area contributed by atoms with Crippen LogP contribution in [0.1, 0.15) is 25.1 Å². The molecule has 1 aliphatic rings. The van der Waals surface area contributed by atoms with E-state index in [1.807, 2.05) is 51.1 Å². The number of nitrogens with one attached hydrogen (secondary N) is 1. The van der Waals surface area contributed by atoms with Crippen molar-refractivity contribution in [3.05, 3.63) is 46.7 Å². The van der Waals surface area contributed by atoms with Crippen molar-refractivity contribution in [3.63, 3.8) is 0 Å². The van der Waals surface area contributed by atoms with Crippen molar-refractivity contribution >= 4 is 23.5 Å². The maximum absolute atomic E-state index is 12.4. The van der Waals surface area contributed by atoms with E-state index in [9.17, 15) is 9.59 Å². The lowest BCUT2D eigenvalue weighted by Crippen LogP contribution is -2.34. The highest BCUT2D eigenvalue weighted by molar-refractivity contribution is 6.30. The average molecular weight is 347 g/mol. The van der Waals surface area contributed by atoms with Crippen molar-refractivity contribution in [2.45, 2.75) is 33.4 Å². The average Bonchev–Trinajstić information content (AvgIpc) is 3.00. The van der Waals surface area contributed by atoms with Gasteiger partial charge in [0.15, 0.2) is 0 Å². The van der Waals surface area contributed by atoms with E-state index in [4.69, 9.17) is 11.6 Å². The first-order valence-electron chi connectivity index (χ1n) is 7.81. The summed E-state index contributed by atoms with van der Waals surface area (Å²) >= 11 is 6.47. The van der Waals surface area contributed by atoms with Gasteiger partial charge in [-0.3, -0.25) is 9.69 Å². The first-order valence-corrected chi connectivity index (χ1v) is 8.19. The number of hydrogen-bond donors (Lipinski definition) is 1. The SMILES string of the molecule is Cc1nn(-c2ccccc2)c(Cl)c1CN1C(=O)NC(C(C)C)C1=O. The zero-order valence-corrected chi connectivity index (χ0v) is 14.5. The van der Waals surface area contributed by atoms with Gasteiger partial charge in [-0.2, -0.15) is 5.10 Å². The lowest BCUT2D eigenvalue weighted by atomic mass is 10.0. The Bertz CT molecular complexity index is 785. The maximum atomic E-state index is 12.4. The van der Waals surface area contributed by atoms with Gasteiger partial charge in [-0.05, 0) is 25.0 Å². The van der Waals surface area contributed by atoms with Crippen molar-refractivity contribution in [3.8, 4) is 5.69 Å². The maximum Gasteiger partial charge on any atom is 0.325 e. The smallest absolute Gasteiger partial charge is 0.325 e. The fourth-order valence-corrected chi connectivity index (χ4v) is 3.08. The molecule has 0 spiro atoms. The molecule has 0 bridgehead atoms. The number of hydrogen-bond acceptors (Lipinski definition) is 3. The zero-order valence-electron chi connectivity index (χ0n) is 13.8. The number of benzene rings is 1. The fourth-order valence-electron chi connectivity index (χ4n) is 2.75. The lowest BCUT2D eigenvalue weighted by Gasteiger charge is -2.14. The van der Waals surface area contributed by atoms with Gasteiger partial charge in [0, 0.05) is 5.56 Å². The van der Waals surface area contributed by atoms with Crippen LogP contribution in [0.2, 0.25) is 5.15 Å². The van der Waals surface area contributed by atoms with Crippen molar-refractivity contribution in [1.82, 2.24) is 20.0 Å². The number of aromatic nitrogens is 2.